The first-order valence-electron chi connectivity index (χ1n) is 5.29. The molecule has 0 unspecified atom stereocenters. The maximum Gasteiger partial charge on any atom is 0.339 e. The zero-order valence-electron chi connectivity index (χ0n) is 9.49. The topological polar surface area (TPSA) is 49.8 Å². The Morgan fingerprint density at radius 2 is 2.25 bits per heavy atom. The van der Waals surface area contributed by atoms with Gasteiger partial charge in [-0.05, 0) is 25.0 Å². The third-order valence-electron chi connectivity index (χ3n) is 3.00. The van der Waals surface area contributed by atoms with Crippen molar-refractivity contribution in [2.24, 2.45) is 0 Å². The fraction of sp³-hybridized carbons (Fsp3) is 0.417. The third-order valence-corrected chi connectivity index (χ3v) is 3.00. The Balaban J connectivity index is 2.59. The summed E-state index contributed by atoms with van der Waals surface area (Å²) in [7, 11) is 3.54. The summed E-state index contributed by atoms with van der Waals surface area (Å²) in [5, 5.41) is 9.07. The van der Waals surface area contributed by atoms with Gasteiger partial charge in [0.05, 0.1) is 7.11 Å². The highest BCUT2D eigenvalue weighted by atomic mass is 16.5. The zero-order chi connectivity index (χ0) is 11.7. The number of carbonyl (C=O) groups is 1. The number of carboxylic acids is 1. The number of hydrogen-bond acceptors (Lipinski definition) is 3. The van der Waals surface area contributed by atoms with Crippen LogP contribution in [0.2, 0.25) is 0 Å². The molecule has 0 spiro atoms. The second-order valence-corrected chi connectivity index (χ2v) is 3.97. The van der Waals surface area contributed by atoms with E-state index in [1.165, 1.54) is 7.11 Å². The van der Waals surface area contributed by atoms with Gasteiger partial charge in [-0.2, -0.15) is 0 Å². The van der Waals surface area contributed by atoms with E-state index in [-0.39, 0.29) is 5.56 Å². The fourth-order valence-electron chi connectivity index (χ4n) is 2.23. The lowest BCUT2D eigenvalue weighted by Crippen LogP contribution is -2.25. The Kier molecular flexibility index (Phi) is 2.73. The number of hydrogen-bond donors (Lipinski definition) is 1. The summed E-state index contributed by atoms with van der Waals surface area (Å²) in [5.41, 5.74) is 2.33. The van der Waals surface area contributed by atoms with E-state index in [1.54, 1.807) is 6.07 Å². The van der Waals surface area contributed by atoms with Crippen LogP contribution in [-0.2, 0) is 6.42 Å². The van der Waals surface area contributed by atoms with Gasteiger partial charge in [0.15, 0.2) is 0 Å². The lowest BCUT2D eigenvalue weighted by atomic mass is 9.98. The SMILES string of the molecule is COc1c(C(=O)O)ccc2c1CCCN2C. The molecular weight excluding hydrogens is 206 g/mol. The molecule has 4 heteroatoms. The van der Waals surface area contributed by atoms with E-state index < -0.39 is 5.97 Å². The molecule has 0 aliphatic carbocycles. The van der Waals surface area contributed by atoms with E-state index in [2.05, 4.69) is 4.90 Å². The highest BCUT2D eigenvalue weighted by Gasteiger charge is 2.22. The maximum atomic E-state index is 11.1. The Morgan fingerprint density at radius 1 is 1.50 bits per heavy atom. The molecule has 0 aromatic heterocycles. The van der Waals surface area contributed by atoms with E-state index in [9.17, 15) is 4.79 Å². The summed E-state index contributed by atoms with van der Waals surface area (Å²) in [6.45, 7) is 1.00. The number of nitrogens with zero attached hydrogens (tertiary/aromatic N) is 1. The maximum absolute atomic E-state index is 11.1. The molecule has 0 atom stereocenters. The molecule has 1 aromatic carbocycles. The summed E-state index contributed by atoms with van der Waals surface area (Å²) in [6, 6.07) is 3.47. The first-order valence-corrected chi connectivity index (χ1v) is 5.29. The number of anilines is 1. The lowest BCUT2D eigenvalue weighted by molar-refractivity contribution is 0.0693. The number of aromatic carboxylic acids is 1. The van der Waals surface area contributed by atoms with Crippen LogP contribution >= 0.6 is 0 Å². The van der Waals surface area contributed by atoms with E-state index in [0.717, 1.165) is 30.6 Å². The molecular formula is C12H15NO3. The van der Waals surface area contributed by atoms with Crippen LogP contribution < -0.4 is 9.64 Å². The third kappa shape index (κ3) is 1.60. The van der Waals surface area contributed by atoms with Gasteiger partial charge in [-0.25, -0.2) is 4.79 Å². The van der Waals surface area contributed by atoms with Gasteiger partial charge in [0.1, 0.15) is 11.3 Å². The number of rotatable bonds is 2. The largest absolute Gasteiger partial charge is 0.495 e. The van der Waals surface area contributed by atoms with E-state index in [0.29, 0.717) is 5.75 Å². The molecule has 86 valence electrons. The summed E-state index contributed by atoms with van der Waals surface area (Å²) in [5.74, 6) is -0.426. The molecule has 0 fully saturated rings. The molecule has 4 nitrogen and oxygen atoms in total. The molecule has 0 saturated heterocycles. The molecule has 0 amide bonds. The van der Waals surface area contributed by atoms with Crippen LogP contribution in [-0.4, -0.2) is 31.8 Å². The van der Waals surface area contributed by atoms with Crippen molar-refractivity contribution < 1.29 is 14.6 Å². The smallest absolute Gasteiger partial charge is 0.339 e. The fourth-order valence-corrected chi connectivity index (χ4v) is 2.23. The van der Waals surface area contributed by atoms with Gasteiger partial charge in [-0.1, -0.05) is 0 Å². The van der Waals surface area contributed by atoms with Crippen molar-refractivity contribution in [3.05, 3.63) is 23.3 Å². The van der Waals surface area contributed by atoms with Crippen LogP contribution in [0.4, 0.5) is 5.69 Å². The Morgan fingerprint density at radius 3 is 2.88 bits per heavy atom. The van der Waals surface area contributed by atoms with Crippen LogP contribution in [0.25, 0.3) is 0 Å². The Hall–Kier alpha value is -1.71. The first-order chi connectivity index (χ1) is 7.65. The number of benzene rings is 1. The van der Waals surface area contributed by atoms with Crippen molar-refractivity contribution in [2.45, 2.75) is 12.8 Å². The first kappa shape index (κ1) is 10.8. The van der Waals surface area contributed by atoms with Crippen LogP contribution in [0.3, 0.4) is 0 Å². The average Bonchev–Trinajstić information content (AvgIpc) is 2.27. The predicted octanol–water partition coefficient (Wildman–Crippen LogP) is 1.78. The molecule has 16 heavy (non-hydrogen) atoms. The molecule has 1 aliphatic rings. The number of carboxylic acid groups (broad SMARTS) is 1. The summed E-state index contributed by atoms with van der Waals surface area (Å²) in [4.78, 5) is 13.2. The van der Waals surface area contributed by atoms with Gasteiger partial charge in [-0.15, -0.1) is 0 Å². The Labute approximate surface area is 94.4 Å². The lowest BCUT2D eigenvalue weighted by Gasteiger charge is -2.29. The average molecular weight is 221 g/mol. The van der Waals surface area contributed by atoms with Gasteiger partial charge in [0.25, 0.3) is 0 Å². The summed E-state index contributed by atoms with van der Waals surface area (Å²) < 4.78 is 5.25. The Bertz CT molecular complexity index is 429. The van der Waals surface area contributed by atoms with E-state index in [4.69, 9.17) is 9.84 Å². The quantitative estimate of drug-likeness (QED) is 0.827. The van der Waals surface area contributed by atoms with Crippen molar-refractivity contribution in [3.8, 4) is 5.75 Å². The second kappa shape index (κ2) is 4.04. The number of methoxy groups -OCH3 is 1. The van der Waals surface area contributed by atoms with Gasteiger partial charge < -0.3 is 14.7 Å². The van der Waals surface area contributed by atoms with Gasteiger partial charge in [0.2, 0.25) is 0 Å². The molecule has 1 aliphatic heterocycles. The molecule has 1 aromatic rings. The van der Waals surface area contributed by atoms with Gasteiger partial charge in [-0.3, -0.25) is 0 Å². The van der Waals surface area contributed by atoms with Crippen LogP contribution in [0.5, 0.6) is 5.75 Å². The molecule has 1 N–H and O–H groups in total. The van der Waals surface area contributed by atoms with Crippen LogP contribution in [0.15, 0.2) is 12.1 Å². The second-order valence-electron chi connectivity index (χ2n) is 3.97. The van der Waals surface area contributed by atoms with Crippen molar-refractivity contribution in [1.29, 1.82) is 0 Å². The van der Waals surface area contributed by atoms with Crippen LogP contribution in [0.1, 0.15) is 22.3 Å². The summed E-state index contributed by atoms with van der Waals surface area (Å²) in [6.07, 6.45) is 1.91. The van der Waals surface area contributed by atoms with Crippen LogP contribution in [0, 0.1) is 0 Å². The molecule has 1 heterocycles. The standard InChI is InChI=1S/C12H15NO3/c1-13-7-3-4-8-10(13)6-5-9(12(14)15)11(8)16-2/h5-6H,3-4,7H2,1-2H3,(H,14,15). The highest BCUT2D eigenvalue weighted by molar-refractivity contribution is 5.92. The van der Waals surface area contributed by atoms with Crippen molar-refractivity contribution in [2.75, 3.05) is 25.6 Å². The number of fused-ring (bicyclic) bond motifs is 1. The minimum absolute atomic E-state index is 0.247. The van der Waals surface area contributed by atoms with Gasteiger partial charge in [0, 0.05) is 24.8 Å². The van der Waals surface area contributed by atoms with Gasteiger partial charge >= 0.3 is 5.97 Å². The molecule has 2 rings (SSSR count). The normalized spacial score (nSPS) is 14.5. The minimum Gasteiger partial charge on any atom is -0.495 e. The molecule has 0 saturated carbocycles. The highest BCUT2D eigenvalue weighted by Crippen LogP contribution is 2.36. The van der Waals surface area contributed by atoms with E-state index in [1.807, 2.05) is 13.1 Å². The van der Waals surface area contributed by atoms with Crippen molar-refractivity contribution in [1.82, 2.24) is 0 Å². The van der Waals surface area contributed by atoms with E-state index >= 15 is 0 Å². The predicted molar refractivity (Wildman–Crippen MR) is 61.5 cm³/mol. The molecule has 0 bridgehead atoms. The minimum atomic E-state index is -0.937. The summed E-state index contributed by atoms with van der Waals surface area (Å²) >= 11 is 0. The van der Waals surface area contributed by atoms with Crippen molar-refractivity contribution >= 4 is 11.7 Å². The zero-order valence-corrected chi connectivity index (χ0v) is 9.49. The monoisotopic (exact) mass is 221 g/mol. The molecule has 0 radical (unpaired) electrons. The van der Waals surface area contributed by atoms with Crippen molar-refractivity contribution in [3.63, 3.8) is 0 Å². The number of ether oxygens (including phenoxy) is 1.